The predicted molar refractivity (Wildman–Crippen MR) is 84.6 cm³/mol. The second-order valence-corrected chi connectivity index (χ2v) is 5.40. The first-order valence-corrected chi connectivity index (χ1v) is 7.85. The van der Waals surface area contributed by atoms with Gasteiger partial charge in [-0.25, -0.2) is 14.6 Å². The number of H-pyrrole nitrogens is 1. The standard InChI is InChI=1S/C14H13N5O3S/c1-2-22-11(20)7-23-14-17-10-6-4-3-5-9(10)12(21)19(14)13-15-8-16-18-13/h3-6,8H,2,7H2,1H3,(H,15,16,18). The molecular weight excluding hydrogens is 318 g/mol. The maximum atomic E-state index is 12.7. The predicted octanol–water partition coefficient (Wildman–Crippen LogP) is 1.16. The lowest BCUT2D eigenvalue weighted by Crippen LogP contribution is -2.23. The Balaban J connectivity index is 2.09. The fourth-order valence-electron chi connectivity index (χ4n) is 2.03. The van der Waals surface area contributed by atoms with Gasteiger partial charge in [0.2, 0.25) is 5.95 Å². The van der Waals surface area contributed by atoms with Crippen LogP contribution < -0.4 is 5.56 Å². The van der Waals surface area contributed by atoms with Gasteiger partial charge in [0.05, 0.1) is 23.3 Å². The van der Waals surface area contributed by atoms with Crippen molar-refractivity contribution in [3.63, 3.8) is 0 Å². The van der Waals surface area contributed by atoms with E-state index in [1.165, 1.54) is 10.9 Å². The molecule has 8 nitrogen and oxygen atoms in total. The van der Waals surface area contributed by atoms with Gasteiger partial charge in [-0.1, -0.05) is 23.9 Å². The maximum absolute atomic E-state index is 12.7. The highest BCUT2D eigenvalue weighted by molar-refractivity contribution is 7.99. The molecule has 3 aromatic rings. The average molecular weight is 331 g/mol. The number of carbonyl (C=O) groups excluding carboxylic acids is 1. The molecule has 118 valence electrons. The summed E-state index contributed by atoms with van der Waals surface area (Å²) in [4.78, 5) is 32.8. The van der Waals surface area contributed by atoms with E-state index < -0.39 is 0 Å². The van der Waals surface area contributed by atoms with E-state index in [0.29, 0.717) is 22.7 Å². The monoisotopic (exact) mass is 331 g/mol. The first-order chi connectivity index (χ1) is 11.2. The lowest BCUT2D eigenvalue weighted by Gasteiger charge is -2.10. The van der Waals surface area contributed by atoms with Gasteiger partial charge in [-0.15, -0.1) is 0 Å². The molecule has 0 amide bonds. The third-order valence-corrected chi connectivity index (χ3v) is 3.90. The Morgan fingerprint density at radius 3 is 2.96 bits per heavy atom. The SMILES string of the molecule is CCOC(=O)CSc1nc2ccccc2c(=O)n1-c1ncn[nH]1. The molecule has 0 aliphatic rings. The molecule has 0 aliphatic heterocycles. The summed E-state index contributed by atoms with van der Waals surface area (Å²) in [5.74, 6) is -0.0733. The highest BCUT2D eigenvalue weighted by Gasteiger charge is 2.16. The van der Waals surface area contributed by atoms with Crippen molar-refractivity contribution in [1.29, 1.82) is 0 Å². The van der Waals surface area contributed by atoms with Crippen LogP contribution in [0.4, 0.5) is 0 Å². The molecule has 1 N–H and O–H groups in total. The molecule has 3 rings (SSSR count). The van der Waals surface area contributed by atoms with Crippen LogP contribution in [0.3, 0.4) is 0 Å². The van der Waals surface area contributed by atoms with Crippen LogP contribution in [-0.2, 0) is 9.53 Å². The molecule has 0 aliphatic carbocycles. The number of hydrogen-bond donors (Lipinski definition) is 1. The molecule has 0 atom stereocenters. The normalized spacial score (nSPS) is 10.8. The van der Waals surface area contributed by atoms with E-state index in [4.69, 9.17) is 4.74 Å². The number of aromatic amines is 1. The Bertz CT molecular complexity index is 891. The van der Waals surface area contributed by atoms with Crippen molar-refractivity contribution in [1.82, 2.24) is 24.7 Å². The van der Waals surface area contributed by atoms with Crippen molar-refractivity contribution >= 4 is 28.6 Å². The summed E-state index contributed by atoms with van der Waals surface area (Å²) in [5, 5.41) is 7.21. The Labute approximate surface area is 134 Å². The van der Waals surface area contributed by atoms with Crippen molar-refractivity contribution < 1.29 is 9.53 Å². The minimum absolute atomic E-state index is 0.0484. The van der Waals surface area contributed by atoms with Gasteiger partial charge < -0.3 is 4.74 Å². The van der Waals surface area contributed by atoms with Crippen LogP contribution in [0.25, 0.3) is 16.9 Å². The summed E-state index contributed by atoms with van der Waals surface area (Å²) in [6, 6.07) is 7.00. The third kappa shape index (κ3) is 3.09. The smallest absolute Gasteiger partial charge is 0.316 e. The summed E-state index contributed by atoms with van der Waals surface area (Å²) in [7, 11) is 0. The minimum Gasteiger partial charge on any atom is -0.465 e. The van der Waals surface area contributed by atoms with Crippen molar-refractivity contribution in [2.45, 2.75) is 12.1 Å². The molecule has 9 heteroatoms. The number of para-hydroxylation sites is 1. The van der Waals surface area contributed by atoms with Crippen molar-refractivity contribution in [3.8, 4) is 5.95 Å². The van der Waals surface area contributed by atoms with Crippen molar-refractivity contribution in [2.75, 3.05) is 12.4 Å². The second-order valence-electron chi connectivity index (χ2n) is 4.45. The summed E-state index contributed by atoms with van der Waals surface area (Å²) in [6.45, 7) is 2.04. The number of ether oxygens (including phenoxy) is 1. The van der Waals surface area contributed by atoms with Crippen molar-refractivity contribution in [3.05, 3.63) is 40.9 Å². The number of thioether (sulfide) groups is 1. The van der Waals surface area contributed by atoms with Crippen LogP contribution in [0.1, 0.15) is 6.92 Å². The molecule has 0 fully saturated rings. The number of hydrogen-bond acceptors (Lipinski definition) is 7. The molecule has 1 aromatic carbocycles. The van der Waals surface area contributed by atoms with Crippen LogP contribution in [0.15, 0.2) is 40.5 Å². The maximum Gasteiger partial charge on any atom is 0.316 e. The molecule has 2 heterocycles. The molecular formula is C14H13N5O3S. The van der Waals surface area contributed by atoms with Gasteiger partial charge >= 0.3 is 5.97 Å². The number of carbonyl (C=O) groups is 1. The first-order valence-electron chi connectivity index (χ1n) is 6.86. The number of esters is 1. The van der Waals surface area contributed by atoms with Gasteiger partial charge in [-0.3, -0.25) is 9.59 Å². The zero-order valence-corrected chi connectivity index (χ0v) is 13.0. The molecule has 23 heavy (non-hydrogen) atoms. The fraction of sp³-hybridized carbons (Fsp3) is 0.214. The highest BCUT2D eigenvalue weighted by atomic mass is 32.2. The van der Waals surface area contributed by atoms with E-state index in [1.807, 2.05) is 0 Å². The topological polar surface area (TPSA) is 103 Å². The van der Waals surface area contributed by atoms with Crippen LogP contribution in [0.5, 0.6) is 0 Å². The van der Waals surface area contributed by atoms with E-state index in [0.717, 1.165) is 11.8 Å². The summed E-state index contributed by atoms with van der Waals surface area (Å²) in [5.41, 5.74) is 0.276. The van der Waals surface area contributed by atoms with Crippen LogP contribution >= 0.6 is 11.8 Å². The Hall–Kier alpha value is -2.68. The van der Waals surface area contributed by atoms with Crippen molar-refractivity contribution in [2.24, 2.45) is 0 Å². The van der Waals surface area contributed by atoms with Gasteiger partial charge in [0.25, 0.3) is 5.56 Å². The Morgan fingerprint density at radius 2 is 2.22 bits per heavy atom. The number of nitrogens with zero attached hydrogens (tertiary/aromatic N) is 4. The van der Waals surface area contributed by atoms with E-state index in [9.17, 15) is 9.59 Å². The number of benzene rings is 1. The van der Waals surface area contributed by atoms with Gasteiger partial charge in [-0.05, 0) is 19.1 Å². The number of nitrogens with one attached hydrogen (secondary N) is 1. The zero-order valence-electron chi connectivity index (χ0n) is 12.2. The van der Waals surface area contributed by atoms with Crippen LogP contribution in [0, 0.1) is 0 Å². The first kappa shape index (κ1) is 15.2. The molecule has 0 saturated carbocycles. The number of fused-ring (bicyclic) bond motifs is 1. The van der Waals surface area contributed by atoms with E-state index >= 15 is 0 Å². The summed E-state index contributed by atoms with van der Waals surface area (Å²) >= 11 is 1.11. The van der Waals surface area contributed by atoms with Crippen LogP contribution in [0.2, 0.25) is 0 Å². The number of rotatable bonds is 5. The summed E-state index contributed by atoms with van der Waals surface area (Å²) in [6.07, 6.45) is 1.30. The second kappa shape index (κ2) is 6.61. The Morgan fingerprint density at radius 1 is 1.39 bits per heavy atom. The molecule has 0 bridgehead atoms. The van der Waals surface area contributed by atoms with Crippen LogP contribution in [-0.4, -0.2) is 43.1 Å². The number of aromatic nitrogens is 5. The Kier molecular flexibility index (Phi) is 4.38. The summed E-state index contributed by atoms with van der Waals surface area (Å²) < 4.78 is 6.21. The quantitative estimate of drug-likeness (QED) is 0.425. The molecule has 0 unspecified atom stereocenters. The molecule has 0 saturated heterocycles. The zero-order chi connectivity index (χ0) is 16.2. The van der Waals surface area contributed by atoms with Gasteiger partial charge in [-0.2, -0.15) is 10.1 Å². The average Bonchev–Trinajstić information content (AvgIpc) is 3.07. The van der Waals surface area contributed by atoms with E-state index in [2.05, 4.69) is 20.2 Å². The van der Waals surface area contributed by atoms with E-state index in [1.54, 1.807) is 31.2 Å². The van der Waals surface area contributed by atoms with E-state index in [-0.39, 0.29) is 23.2 Å². The minimum atomic E-state index is -0.371. The molecule has 2 aromatic heterocycles. The highest BCUT2D eigenvalue weighted by Crippen LogP contribution is 2.19. The van der Waals surface area contributed by atoms with Gasteiger partial charge in [0.1, 0.15) is 6.33 Å². The fourth-order valence-corrected chi connectivity index (χ4v) is 2.82. The molecule has 0 spiro atoms. The largest absolute Gasteiger partial charge is 0.465 e. The molecule has 0 radical (unpaired) electrons. The lowest BCUT2D eigenvalue weighted by atomic mass is 10.2. The third-order valence-electron chi connectivity index (χ3n) is 2.98. The van der Waals surface area contributed by atoms with Gasteiger partial charge in [0, 0.05) is 0 Å². The van der Waals surface area contributed by atoms with Gasteiger partial charge in [0.15, 0.2) is 5.16 Å². The lowest BCUT2D eigenvalue weighted by molar-refractivity contribution is -0.139.